The fourth-order valence-corrected chi connectivity index (χ4v) is 2.23. The van der Waals surface area contributed by atoms with Crippen LogP contribution in [0, 0.1) is 5.92 Å². The lowest BCUT2D eigenvalue weighted by Gasteiger charge is -2.17. The number of rotatable bonds is 4. The highest BCUT2D eigenvalue weighted by molar-refractivity contribution is 5.23. The maximum Gasteiger partial charge on any atom is -0.00415 e. The standard InChI is InChI=1S/C15H18/c1-2-14(12-13-8-6-7-9-13)15-10-4-3-5-11-15/h3-11,13-14H,2,12H2,1H3/t14-/m0/s1. The molecule has 1 aliphatic rings. The van der Waals surface area contributed by atoms with Gasteiger partial charge in [-0.05, 0) is 30.2 Å². The topological polar surface area (TPSA) is 0 Å². The van der Waals surface area contributed by atoms with Crippen LogP contribution in [0.1, 0.15) is 31.2 Å². The predicted molar refractivity (Wildman–Crippen MR) is 65.9 cm³/mol. The molecule has 0 amide bonds. The van der Waals surface area contributed by atoms with E-state index < -0.39 is 0 Å². The van der Waals surface area contributed by atoms with Crippen molar-refractivity contribution in [2.45, 2.75) is 25.7 Å². The third-order valence-corrected chi connectivity index (χ3v) is 3.15. The molecule has 78 valence electrons. The van der Waals surface area contributed by atoms with Gasteiger partial charge in [0.1, 0.15) is 0 Å². The zero-order valence-electron chi connectivity index (χ0n) is 9.27. The van der Waals surface area contributed by atoms with Crippen LogP contribution >= 0.6 is 0 Å². The number of hydrogen-bond donors (Lipinski definition) is 0. The second-order valence-corrected chi connectivity index (χ2v) is 4.19. The average molecular weight is 198 g/mol. The Labute approximate surface area is 92.3 Å². The summed E-state index contributed by atoms with van der Waals surface area (Å²) in [7, 11) is 0. The normalized spacial score (nSPS) is 17.1. The number of allylic oxidation sites excluding steroid dienone is 4. The molecule has 1 aromatic carbocycles. The molecule has 0 spiro atoms. The summed E-state index contributed by atoms with van der Waals surface area (Å²) in [6.45, 7) is 2.28. The Kier molecular flexibility index (Phi) is 3.39. The molecule has 0 N–H and O–H groups in total. The summed E-state index contributed by atoms with van der Waals surface area (Å²) in [6, 6.07) is 10.9. The van der Waals surface area contributed by atoms with E-state index in [-0.39, 0.29) is 0 Å². The maximum absolute atomic E-state index is 2.30. The molecular formula is C15H18. The number of hydrogen-bond acceptors (Lipinski definition) is 0. The van der Waals surface area contributed by atoms with Gasteiger partial charge < -0.3 is 0 Å². The molecule has 0 aromatic heterocycles. The van der Waals surface area contributed by atoms with Crippen LogP contribution in [0.15, 0.2) is 54.6 Å². The van der Waals surface area contributed by atoms with Gasteiger partial charge in [0.2, 0.25) is 0 Å². The third-order valence-electron chi connectivity index (χ3n) is 3.15. The summed E-state index contributed by atoms with van der Waals surface area (Å²) >= 11 is 0. The van der Waals surface area contributed by atoms with Crippen molar-refractivity contribution in [1.29, 1.82) is 0 Å². The van der Waals surface area contributed by atoms with E-state index in [1.54, 1.807) is 0 Å². The first-order valence-electron chi connectivity index (χ1n) is 5.80. The van der Waals surface area contributed by atoms with Gasteiger partial charge in [0, 0.05) is 0 Å². The SMILES string of the molecule is CC[C@@H](CC1C=CC=C1)c1ccccc1. The monoisotopic (exact) mass is 198 g/mol. The number of benzene rings is 1. The smallest absolute Gasteiger partial charge is 0.00415 e. The Balaban J connectivity index is 2.04. The van der Waals surface area contributed by atoms with E-state index in [9.17, 15) is 0 Å². The summed E-state index contributed by atoms with van der Waals surface area (Å²) in [4.78, 5) is 0. The Bertz CT molecular complexity index is 334. The molecule has 1 aromatic rings. The van der Waals surface area contributed by atoms with Crippen LogP contribution in [0.2, 0.25) is 0 Å². The molecule has 0 nitrogen and oxygen atoms in total. The van der Waals surface area contributed by atoms with Crippen molar-refractivity contribution in [3.63, 3.8) is 0 Å². The first kappa shape index (κ1) is 10.2. The van der Waals surface area contributed by atoms with Crippen molar-refractivity contribution in [3.8, 4) is 0 Å². The molecule has 1 atom stereocenters. The van der Waals surface area contributed by atoms with E-state index in [1.807, 2.05) is 0 Å². The Hall–Kier alpha value is -1.30. The molecule has 15 heavy (non-hydrogen) atoms. The molecule has 0 saturated carbocycles. The van der Waals surface area contributed by atoms with Crippen LogP contribution in [-0.4, -0.2) is 0 Å². The Morgan fingerprint density at radius 2 is 1.73 bits per heavy atom. The molecule has 0 heteroatoms. The summed E-state index contributed by atoms with van der Waals surface area (Å²) in [5.74, 6) is 1.35. The summed E-state index contributed by atoms with van der Waals surface area (Å²) in [5.41, 5.74) is 1.48. The largest absolute Gasteiger partial charge is 0.0776 e. The predicted octanol–water partition coefficient (Wildman–Crippen LogP) is 4.31. The highest BCUT2D eigenvalue weighted by atomic mass is 14.2. The molecule has 0 bridgehead atoms. The minimum Gasteiger partial charge on any atom is -0.0776 e. The van der Waals surface area contributed by atoms with Crippen molar-refractivity contribution in [1.82, 2.24) is 0 Å². The first-order chi connectivity index (χ1) is 7.40. The van der Waals surface area contributed by atoms with Crippen molar-refractivity contribution >= 4 is 0 Å². The van der Waals surface area contributed by atoms with Gasteiger partial charge in [-0.1, -0.05) is 61.6 Å². The van der Waals surface area contributed by atoms with E-state index in [0.29, 0.717) is 11.8 Å². The van der Waals surface area contributed by atoms with E-state index >= 15 is 0 Å². The zero-order chi connectivity index (χ0) is 10.5. The minimum absolute atomic E-state index is 0.648. The van der Waals surface area contributed by atoms with Gasteiger partial charge in [-0.3, -0.25) is 0 Å². The maximum atomic E-state index is 2.30. The van der Waals surface area contributed by atoms with Crippen molar-refractivity contribution < 1.29 is 0 Å². The fraction of sp³-hybridized carbons (Fsp3) is 0.333. The van der Waals surface area contributed by atoms with Crippen molar-refractivity contribution in [2.75, 3.05) is 0 Å². The molecule has 0 saturated heterocycles. The van der Waals surface area contributed by atoms with Gasteiger partial charge in [0.25, 0.3) is 0 Å². The van der Waals surface area contributed by atoms with Gasteiger partial charge in [-0.2, -0.15) is 0 Å². The van der Waals surface area contributed by atoms with Gasteiger partial charge in [0.15, 0.2) is 0 Å². The molecule has 1 aliphatic carbocycles. The van der Waals surface area contributed by atoms with E-state index in [1.165, 1.54) is 18.4 Å². The molecule has 0 unspecified atom stereocenters. The van der Waals surface area contributed by atoms with Crippen molar-refractivity contribution in [3.05, 3.63) is 60.2 Å². The van der Waals surface area contributed by atoms with Crippen LogP contribution in [0.5, 0.6) is 0 Å². The average Bonchev–Trinajstić information content (AvgIpc) is 2.80. The minimum atomic E-state index is 0.648. The molecule has 0 heterocycles. The molecular weight excluding hydrogens is 180 g/mol. The first-order valence-corrected chi connectivity index (χ1v) is 5.80. The van der Waals surface area contributed by atoms with Crippen LogP contribution in [0.25, 0.3) is 0 Å². The lowest BCUT2D eigenvalue weighted by atomic mass is 9.87. The summed E-state index contributed by atoms with van der Waals surface area (Å²) in [6.07, 6.45) is 11.4. The molecule has 0 fully saturated rings. The Morgan fingerprint density at radius 1 is 1.07 bits per heavy atom. The summed E-state index contributed by atoms with van der Waals surface area (Å²) < 4.78 is 0. The second-order valence-electron chi connectivity index (χ2n) is 4.19. The highest BCUT2D eigenvalue weighted by Crippen LogP contribution is 2.29. The van der Waals surface area contributed by atoms with Gasteiger partial charge >= 0.3 is 0 Å². The lowest BCUT2D eigenvalue weighted by Crippen LogP contribution is -2.02. The summed E-state index contributed by atoms with van der Waals surface area (Å²) in [5, 5.41) is 0. The van der Waals surface area contributed by atoms with E-state index in [2.05, 4.69) is 61.6 Å². The molecule has 2 rings (SSSR count). The second kappa shape index (κ2) is 4.97. The van der Waals surface area contributed by atoms with Gasteiger partial charge in [0.05, 0.1) is 0 Å². The Morgan fingerprint density at radius 3 is 2.33 bits per heavy atom. The van der Waals surface area contributed by atoms with Crippen LogP contribution in [0.3, 0.4) is 0 Å². The van der Waals surface area contributed by atoms with E-state index in [0.717, 1.165) is 0 Å². The quantitative estimate of drug-likeness (QED) is 0.676. The molecule has 0 aliphatic heterocycles. The third kappa shape index (κ3) is 2.59. The van der Waals surface area contributed by atoms with Crippen LogP contribution < -0.4 is 0 Å². The van der Waals surface area contributed by atoms with E-state index in [4.69, 9.17) is 0 Å². The van der Waals surface area contributed by atoms with Crippen LogP contribution in [0.4, 0.5) is 0 Å². The van der Waals surface area contributed by atoms with Gasteiger partial charge in [-0.25, -0.2) is 0 Å². The van der Waals surface area contributed by atoms with Crippen molar-refractivity contribution in [2.24, 2.45) is 5.92 Å². The van der Waals surface area contributed by atoms with Gasteiger partial charge in [-0.15, -0.1) is 0 Å². The fourth-order valence-electron chi connectivity index (χ4n) is 2.23. The lowest BCUT2D eigenvalue weighted by molar-refractivity contribution is 0.557. The highest BCUT2D eigenvalue weighted by Gasteiger charge is 2.13. The molecule has 0 radical (unpaired) electrons. The zero-order valence-corrected chi connectivity index (χ0v) is 9.27. The van der Waals surface area contributed by atoms with Crippen LogP contribution in [-0.2, 0) is 0 Å².